The van der Waals surface area contributed by atoms with Crippen LogP contribution in [0.5, 0.6) is 5.75 Å². The number of nitrogens with zero attached hydrogens (tertiary/aromatic N) is 3. The highest BCUT2D eigenvalue weighted by molar-refractivity contribution is 7.99. The summed E-state index contributed by atoms with van der Waals surface area (Å²) in [7, 11) is 1.60. The van der Waals surface area contributed by atoms with Gasteiger partial charge in [0.25, 0.3) is 0 Å². The van der Waals surface area contributed by atoms with Crippen LogP contribution in [0.2, 0.25) is 5.02 Å². The molecule has 0 aliphatic carbocycles. The Morgan fingerprint density at radius 1 is 1.22 bits per heavy atom. The molecule has 1 aromatic heterocycles. The molecule has 4 rings (SSSR count). The lowest BCUT2D eigenvalue weighted by Gasteiger charge is -2.30. The SMILES string of the molecule is COc1cc(C(C)(C)c2cnc(SCC3CCN(CC(=O)O)CC3)n2-c2ccc(F)cc2)ccc1Cl. The number of aliphatic carboxylic acids is 1. The first-order chi connectivity index (χ1) is 17.2. The lowest BCUT2D eigenvalue weighted by Crippen LogP contribution is -2.37. The van der Waals surface area contributed by atoms with Gasteiger partial charge in [0.2, 0.25) is 0 Å². The van der Waals surface area contributed by atoms with E-state index >= 15 is 0 Å². The van der Waals surface area contributed by atoms with Crippen LogP contribution in [0.25, 0.3) is 5.69 Å². The first kappa shape index (κ1) is 26.5. The van der Waals surface area contributed by atoms with Crippen LogP contribution in [-0.2, 0) is 10.2 Å². The first-order valence-corrected chi connectivity index (χ1v) is 13.3. The third kappa shape index (κ3) is 5.88. The molecule has 1 fully saturated rings. The van der Waals surface area contributed by atoms with Gasteiger partial charge in [0.1, 0.15) is 11.6 Å². The molecule has 9 heteroatoms. The summed E-state index contributed by atoms with van der Waals surface area (Å²) < 4.78 is 21.3. The zero-order valence-electron chi connectivity index (χ0n) is 20.7. The summed E-state index contributed by atoms with van der Waals surface area (Å²) in [5, 5.41) is 10.4. The molecule has 1 aliphatic heterocycles. The second kappa shape index (κ2) is 11.2. The number of methoxy groups -OCH3 is 1. The molecule has 6 nitrogen and oxygen atoms in total. The van der Waals surface area contributed by atoms with Gasteiger partial charge in [-0.05, 0) is 73.8 Å². The summed E-state index contributed by atoms with van der Waals surface area (Å²) in [6.07, 6.45) is 3.81. The van der Waals surface area contributed by atoms with E-state index < -0.39 is 11.4 Å². The van der Waals surface area contributed by atoms with Crippen molar-refractivity contribution in [3.63, 3.8) is 0 Å². The topological polar surface area (TPSA) is 67.6 Å². The summed E-state index contributed by atoms with van der Waals surface area (Å²) in [5.41, 5.74) is 2.39. The lowest BCUT2D eigenvalue weighted by atomic mass is 9.81. The Morgan fingerprint density at radius 3 is 2.56 bits per heavy atom. The van der Waals surface area contributed by atoms with Crippen LogP contribution < -0.4 is 4.74 Å². The van der Waals surface area contributed by atoms with Crippen LogP contribution in [0.3, 0.4) is 0 Å². The zero-order chi connectivity index (χ0) is 25.9. The quantitative estimate of drug-likeness (QED) is 0.347. The molecular formula is C27H31ClFN3O3S. The Morgan fingerprint density at radius 2 is 1.92 bits per heavy atom. The average Bonchev–Trinajstić information content (AvgIpc) is 3.29. The number of benzene rings is 2. The number of carbonyl (C=O) groups is 1. The van der Waals surface area contributed by atoms with E-state index in [1.165, 1.54) is 12.1 Å². The number of hydrogen-bond acceptors (Lipinski definition) is 5. The van der Waals surface area contributed by atoms with Gasteiger partial charge in [-0.15, -0.1) is 0 Å². The Labute approximate surface area is 220 Å². The molecular weight excluding hydrogens is 501 g/mol. The number of imidazole rings is 1. The van der Waals surface area contributed by atoms with E-state index in [0.717, 1.165) is 53.8 Å². The highest BCUT2D eigenvalue weighted by Gasteiger charge is 2.31. The number of halogens is 2. The number of thioether (sulfide) groups is 1. The van der Waals surface area contributed by atoms with E-state index in [0.29, 0.717) is 16.7 Å². The van der Waals surface area contributed by atoms with Crippen LogP contribution in [-0.4, -0.2) is 58.0 Å². The second-order valence-corrected chi connectivity index (χ2v) is 11.0. The molecule has 0 saturated carbocycles. The van der Waals surface area contributed by atoms with Gasteiger partial charge in [0, 0.05) is 16.9 Å². The van der Waals surface area contributed by atoms with Crippen molar-refractivity contribution in [2.45, 2.75) is 37.3 Å². The minimum Gasteiger partial charge on any atom is -0.495 e. The normalized spacial score (nSPS) is 15.2. The molecule has 0 unspecified atom stereocenters. The smallest absolute Gasteiger partial charge is 0.317 e. The van der Waals surface area contributed by atoms with Gasteiger partial charge in [0.05, 0.1) is 30.6 Å². The highest BCUT2D eigenvalue weighted by Crippen LogP contribution is 2.39. The molecule has 192 valence electrons. The monoisotopic (exact) mass is 531 g/mol. The van der Waals surface area contributed by atoms with E-state index in [2.05, 4.69) is 18.4 Å². The predicted octanol–water partition coefficient (Wildman–Crippen LogP) is 5.89. The number of ether oxygens (including phenoxy) is 1. The minimum atomic E-state index is -0.780. The van der Waals surface area contributed by atoms with Crippen LogP contribution in [0.1, 0.15) is 37.9 Å². The van der Waals surface area contributed by atoms with Crippen LogP contribution >= 0.6 is 23.4 Å². The number of carboxylic acid groups (broad SMARTS) is 1. The van der Waals surface area contributed by atoms with Gasteiger partial charge in [-0.1, -0.05) is 43.3 Å². The van der Waals surface area contributed by atoms with E-state index in [1.54, 1.807) is 31.0 Å². The maximum atomic E-state index is 13.8. The Kier molecular flexibility index (Phi) is 8.27. The fourth-order valence-corrected chi connectivity index (χ4v) is 5.98. The Hall–Kier alpha value is -2.55. The average molecular weight is 532 g/mol. The number of piperidine rings is 1. The Bertz CT molecular complexity index is 1210. The molecule has 2 heterocycles. The fraction of sp³-hybridized carbons (Fsp3) is 0.407. The molecule has 2 aromatic carbocycles. The zero-order valence-corrected chi connectivity index (χ0v) is 22.3. The predicted molar refractivity (Wildman–Crippen MR) is 141 cm³/mol. The van der Waals surface area contributed by atoms with E-state index in [4.69, 9.17) is 26.4 Å². The summed E-state index contributed by atoms with van der Waals surface area (Å²) in [4.78, 5) is 17.8. The van der Waals surface area contributed by atoms with Gasteiger partial charge < -0.3 is 9.84 Å². The lowest BCUT2D eigenvalue weighted by molar-refractivity contribution is -0.138. The summed E-state index contributed by atoms with van der Waals surface area (Å²) in [5.74, 6) is 0.907. The van der Waals surface area contributed by atoms with Crippen molar-refractivity contribution < 1.29 is 19.0 Å². The third-order valence-corrected chi connectivity index (χ3v) is 8.34. The van der Waals surface area contributed by atoms with Crippen molar-refractivity contribution >= 4 is 29.3 Å². The van der Waals surface area contributed by atoms with Crippen LogP contribution in [0.4, 0.5) is 4.39 Å². The third-order valence-electron chi connectivity index (χ3n) is 6.84. The van der Waals surface area contributed by atoms with Crippen molar-refractivity contribution in [3.05, 3.63) is 70.8 Å². The molecule has 0 atom stereocenters. The molecule has 1 aliphatic rings. The van der Waals surface area contributed by atoms with Gasteiger partial charge >= 0.3 is 5.97 Å². The summed E-state index contributed by atoms with van der Waals surface area (Å²) in [6, 6.07) is 12.2. The molecule has 36 heavy (non-hydrogen) atoms. The maximum Gasteiger partial charge on any atom is 0.317 e. The number of aromatic nitrogens is 2. The van der Waals surface area contributed by atoms with E-state index in [1.807, 2.05) is 29.3 Å². The Balaban J connectivity index is 1.61. The van der Waals surface area contributed by atoms with Gasteiger partial charge in [0.15, 0.2) is 5.16 Å². The van der Waals surface area contributed by atoms with Crippen molar-refractivity contribution in [1.82, 2.24) is 14.5 Å². The van der Waals surface area contributed by atoms with Gasteiger partial charge in [-0.3, -0.25) is 14.3 Å². The minimum absolute atomic E-state index is 0.1000. The maximum absolute atomic E-state index is 13.8. The number of rotatable bonds is 9. The molecule has 0 amide bonds. The fourth-order valence-electron chi connectivity index (χ4n) is 4.61. The number of carboxylic acids is 1. The highest BCUT2D eigenvalue weighted by atomic mass is 35.5. The van der Waals surface area contributed by atoms with Crippen molar-refractivity contribution in [1.29, 1.82) is 0 Å². The van der Waals surface area contributed by atoms with Crippen LogP contribution in [0.15, 0.2) is 53.8 Å². The summed E-state index contributed by atoms with van der Waals surface area (Å²) in [6.45, 7) is 5.93. The number of likely N-dealkylation sites (tertiary alicyclic amines) is 1. The molecule has 0 radical (unpaired) electrons. The van der Waals surface area contributed by atoms with Gasteiger partial charge in [-0.2, -0.15) is 0 Å². The van der Waals surface area contributed by atoms with E-state index in [-0.39, 0.29) is 12.4 Å². The van der Waals surface area contributed by atoms with Crippen molar-refractivity contribution in [3.8, 4) is 11.4 Å². The first-order valence-electron chi connectivity index (χ1n) is 11.9. The molecule has 0 spiro atoms. The molecule has 1 saturated heterocycles. The standard InChI is InChI=1S/C27H31ClFN3O3S/c1-27(2,19-4-9-22(28)23(14-19)35-3)24-15-30-26(32(24)21-7-5-20(29)6-8-21)36-17-18-10-12-31(13-11-18)16-25(33)34/h4-9,14-15,18H,10-13,16-17H2,1-3H3,(H,33,34). The second-order valence-electron chi connectivity index (χ2n) is 9.64. The van der Waals surface area contributed by atoms with Crippen molar-refractivity contribution in [2.75, 3.05) is 32.5 Å². The molecule has 0 bridgehead atoms. The van der Waals surface area contributed by atoms with E-state index in [9.17, 15) is 9.18 Å². The van der Waals surface area contributed by atoms with Gasteiger partial charge in [-0.25, -0.2) is 9.37 Å². The number of hydrogen-bond donors (Lipinski definition) is 1. The van der Waals surface area contributed by atoms with Crippen molar-refractivity contribution in [2.24, 2.45) is 5.92 Å². The molecule has 1 N–H and O–H groups in total. The molecule has 3 aromatic rings. The largest absolute Gasteiger partial charge is 0.495 e. The van der Waals surface area contributed by atoms with Crippen LogP contribution in [0, 0.1) is 11.7 Å². The summed E-state index contributed by atoms with van der Waals surface area (Å²) >= 11 is 7.96.